The highest BCUT2D eigenvalue weighted by Crippen LogP contribution is 2.48. The number of H-pyrrole nitrogens is 2. The number of benzene rings is 6. The molecule has 6 aromatic carbocycles. The van der Waals surface area contributed by atoms with Crippen molar-refractivity contribution in [2.45, 2.75) is 165 Å². The molecule has 4 N–H and O–H groups in total. The summed E-state index contributed by atoms with van der Waals surface area (Å²) in [4.78, 5) is 75.1. The van der Waals surface area contributed by atoms with Crippen LogP contribution < -0.4 is 38.2 Å². The first-order valence-electron chi connectivity index (χ1n) is 45.2. The third kappa shape index (κ3) is 21.8. The summed E-state index contributed by atoms with van der Waals surface area (Å²) >= 11 is 12.5. The minimum absolute atomic E-state index is 0.0449. The zero-order valence-corrected chi connectivity index (χ0v) is 76.8. The molecule has 4 fully saturated rings. The zero-order chi connectivity index (χ0) is 90.6. The summed E-state index contributed by atoms with van der Waals surface area (Å²) in [5.41, 5.74) is 11.3. The number of halogens is 2. The first kappa shape index (κ1) is 91.0. The van der Waals surface area contributed by atoms with Crippen molar-refractivity contribution in [2.24, 2.45) is 22.7 Å². The van der Waals surface area contributed by atoms with Gasteiger partial charge in [-0.05, 0) is 183 Å². The molecule has 8 heterocycles. The summed E-state index contributed by atoms with van der Waals surface area (Å²) in [6.45, 7) is 18.5. The molecule has 2 atom stereocenters. The summed E-state index contributed by atoms with van der Waals surface area (Å²) in [5, 5.41) is 27.8. The second-order valence-corrected chi connectivity index (χ2v) is 41.5. The number of ether oxygens (including phenoxy) is 6. The SMILES string of the molecule is CC1(C)CCC(CN2CCN(c3ccc(C(=O)NS(=O)(=O)c4cc5c(c([N+](=O)[O-])c4)C[C@@H](COC4CCCCC4)CO5)c(Oc4cnc5[nH]ccc5c4)c3)CC2)=C(c2ccc(Cl)cc2)C1.CC1(C)CCC(CN2CCN(c3ccc(C(=O)NS(=O)(=O)c4cc5c(c([N+](=O)[O-])c4)C[C@H](COC4CCCCC4)CO5)c(Oc4cnc5[nH]ccc5c4)c3)CC2)=C(c2ccc(Cl)cc2)C1. The molecule has 130 heavy (non-hydrogen) atoms. The minimum atomic E-state index is -4.63. The van der Waals surface area contributed by atoms with Crippen molar-refractivity contribution in [2.75, 3.05) is 102 Å². The Labute approximate surface area is 767 Å². The standard InChI is InChI=1S/2C49H55ClN6O8S/c2*1-49(2)16-14-35(43(27-49)33-8-10-36(50)11-9-33)29-54-18-20-55(21-19-54)37-12-13-41(46(24-37)64-39-23-34-15-17-51-47(34)52-28-39)48(57)53-65(60,61)40-25-44(56(58)59)42-22-32(31-63-45(42)26-40)30-62-38-6-4-3-5-7-38/h2*8-13,15,17,23-26,28,32,38H,3-7,14,16,18-22,27,29-31H2,1-2H3,(H,51,52)(H,53,57)/t2*32-/m10/s1. The van der Waals surface area contributed by atoms with Crippen LogP contribution in [0.1, 0.15) is 173 Å². The highest BCUT2D eigenvalue weighted by atomic mass is 35.5. The molecular formula is C98H110Cl2N12O16S2. The number of hydrogen-bond donors (Lipinski definition) is 4. The number of aromatic nitrogens is 4. The average Bonchev–Trinajstić information content (AvgIpc) is 0.921. The van der Waals surface area contributed by atoms with Crippen LogP contribution in [0.15, 0.2) is 179 Å². The molecule has 10 aromatic rings. The van der Waals surface area contributed by atoms with Gasteiger partial charge in [-0.25, -0.2) is 36.2 Å². The molecule has 0 spiro atoms. The van der Waals surface area contributed by atoms with E-state index >= 15 is 0 Å². The fourth-order valence-electron chi connectivity index (χ4n) is 19.3. The lowest BCUT2D eigenvalue weighted by atomic mass is 9.72. The first-order chi connectivity index (χ1) is 62.5. The lowest BCUT2D eigenvalue weighted by Crippen LogP contribution is -2.47. The number of anilines is 2. The van der Waals surface area contributed by atoms with Gasteiger partial charge in [0.05, 0.1) is 92.9 Å². The Morgan fingerprint density at radius 2 is 0.908 bits per heavy atom. The molecule has 8 aliphatic rings. The lowest BCUT2D eigenvalue weighted by molar-refractivity contribution is -0.386. The maximum atomic E-state index is 14.1. The topological polar surface area (TPSA) is 338 Å². The van der Waals surface area contributed by atoms with Gasteiger partial charge in [-0.3, -0.25) is 39.6 Å². The summed E-state index contributed by atoms with van der Waals surface area (Å²) in [5.74, 6) is -1.03. The number of nitrogens with zero attached hydrogens (tertiary/aromatic N) is 8. The van der Waals surface area contributed by atoms with Gasteiger partial charge in [-0.1, -0.05) is 125 Å². The second kappa shape index (κ2) is 39.2. The van der Waals surface area contributed by atoms with Crippen LogP contribution in [0.3, 0.4) is 0 Å². The van der Waals surface area contributed by atoms with Crippen molar-refractivity contribution in [3.63, 3.8) is 0 Å². The van der Waals surface area contributed by atoms with Crippen molar-refractivity contribution in [3.05, 3.63) is 233 Å². The molecule has 0 unspecified atom stereocenters. The Morgan fingerprint density at radius 1 is 0.515 bits per heavy atom. The molecule has 0 bridgehead atoms. The molecule has 0 radical (unpaired) electrons. The highest BCUT2D eigenvalue weighted by Gasteiger charge is 2.38. The number of carbonyl (C=O) groups is 2. The molecule has 28 nitrogen and oxygen atoms in total. The Balaban J connectivity index is 0.000000182. The number of hydrogen-bond acceptors (Lipinski definition) is 22. The molecule has 4 aromatic heterocycles. The number of carbonyl (C=O) groups excluding carboxylic acids is 2. The molecule has 2 saturated heterocycles. The lowest BCUT2D eigenvalue weighted by Gasteiger charge is -2.39. The van der Waals surface area contributed by atoms with E-state index in [1.165, 1.54) is 70.8 Å². The molecule has 32 heteroatoms. The number of rotatable bonds is 26. The number of nitro benzene ring substituents is 2. The smallest absolute Gasteiger partial charge is 0.277 e. The number of sulfonamides is 2. The van der Waals surface area contributed by atoms with Gasteiger partial charge in [0.25, 0.3) is 43.2 Å². The number of allylic oxidation sites excluding steroid dienone is 2. The summed E-state index contributed by atoms with van der Waals surface area (Å²) < 4.78 is 96.9. The van der Waals surface area contributed by atoms with Gasteiger partial charge in [-0.2, -0.15) is 0 Å². The van der Waals surface area contributed by atoms with E-state index in [1.54, 1.807) is 60.9 Å². The fraction of sp³-hybridized carbons (Fsp3) is 0.429. The van der Waals surface area contributed by atoms with Gasteiger partial charge in [-0.15, -0.1) is 0 Å². The van der Waals surface area contributed by atoms with Gasteiger partial charge in [0.1, 0.15) is 45.8 Å². The molecule has 2 amide bonds. The van der Waals surface area contributed by atoms with E-state index in [0.717, 1.165) is 200 Å². The molecule has 4 aliphatic heterocycles. The Bertz CT molecular complexity index is 5820. The second-order valence-electron chi connectivity index (χ2n) is 37.3. The van der Waals surface area contributed by atoms with Crippen LogP contribution in [0.2, 0.25) is 10.0 Å². The van der Waals surface area contributed by atoms with Crippen LogP contribution >= 0.6 is 23.2 Å². The number of nitrogens with one attached hydrogen (secondary N) is 4. The van der Waals surface area contributed by atoms with Crippen molar-refractivity contribution in [3.8, 4) is 34.5 Å². The number of piperazine rings is 2. The predicted molar refractivity (Wildman–Crippen MR) is 501 cm³/mol. The van der Waals surface area contributed by atoms with E-state index < -0.39 is 51.5 Å². The maximum absolute atomic E-state index is 14.1. The number of nitro groups is 2. The van der Waals surface area contributed by atoms with Gasteiger partial charge in [0, 0.05) is 158 Å². The van der Waals surface area contributed by atoms with Crippen molar-refractivity contribution >= 4 is 111 Å². The third-order valence-electron chi connectivity index (χ3n) is 26.6. The van der Waals surface area contributed by atoms with E-state index in [0.29, 0.717) is 60.0 Å². The van der Waals surface area contributed by atoms with E-state index in [4.69, 9.17) is 51.6 Å². The van der Waals surface area contributed by atoms with Crippen LogP contribution in [-0.4, -0.2) is 172 Å². The van der Waals surface area contributed by atoms with E-state index in [2.05, 4.69) is 101 Å². The van der Waals surface area contributed by atoms with Gasteiger partial charge >= 0.3 is 0 Å². The third-order valence-corrected chi connectivity index (χ3v) is 29.8. The van der Waals surface area contributed by atoms with Crippen LogP contribution in [0.4, 0.5) is 22.7 Å². The maximum Gasteiger partial charge on any atom is 0.277 e. The van der Waals surface area contributed by atoms with Crippen LogP contribution in [-0.2, 0) is 42.4 Å². The van der Waals surface area contributed by atoms with E-state index in [-0.39, 0.29) is 93.6 Å². The number of amides is 2. The highest BCUT2D eigenvalue weighted by molar-refractivity contribution is 7.90. The van der Waals surface area contributed by atoms with E-state index in [9.17, 15) is 46.7 Å². The summed E-state index contributed by atoms with van der Waals surface area (Å²) in [6, 6.07) is 38.2. The monoisotopic (exact) mass is 1840 g/mol. The minimum Gasteiger partial charge on any atom is -0.493 e. The zero-order valence-electron chi connectivity index (χ0n) is 73.6. The summed E-state index contributed by atoms with van der Waals surface area (Å²) in [7, 11) is -9.26. The van der Waals surface area contributed by atoms with Gasteiger partial charge in [0.2, 0.25) is 0 Å². The first-order valence-corrected chi connectivity index (χ1v) is 48.9. The van der Waals surface area contributed by atoms with Crippen LogP contribution in [0, 0.1) is 42.9 Å². The number of fused-ring (bicyclic) bond motifs is 4. The summed E-state index contributed by atoms with van der Waals surface area (Å²) in [6.07, 6.45) is 24.8. The quantitative estimate of drug-likeness (QED) is 0.0289. The number of pyridine rings is 2. The molecule has 4 aliphatic carbocycles. The molecular weight excluding hydrogens is 1740 g/mol. The Kier molecular flexibility index (Phi) is 27.4. The van der Waals surface area contributed by atoms with Crippen molar-refractivity contribution in [1.29, 1.82) is 0 Å². The molecule has 18 rings (SSSR count). The fourth-order valence-corrected chi connectivity index (χ4v) is 21.5. The van der Waals surface area contributed by atoms with Crippen molar-refractivity contribution < 1.29 is 64.7 Å². The molecule has 684 valence electrons. The molecule has 2 saturated carbocycles. The van der Waals surface area contributed by atoms with Crippen molar-refractivity contribution in [1.82, 2.24) is 39.2 Å². The van der Waals surface area contributed by atoms with E-state index in [1.807, 2.05) is 36.4 Å². The van der Waals surface area contributed by atoms with Crippen LogP contribution in [0.5, 0.6) is 34.5 Å². The average molecular weight is 1850 g/mol. The largest absolute Gasteiger partial charge is 0.493 e. The Morgan fingerprint density at radius 3 is 1.29 bits per heavy atom. The normalized spacial score (nSPS) is 19.4. The number of aromatic amines is 2. The van der Waals surface area contributed by atoms with Crippen LogP contribution in [0.25, 0.3) is 33.2 Å². The Hall–Kier alpha value is -11.0. The van der Waals surface area contributed by atoms with Gasteiger partial charge < -0.3 is 48.2 Å². The predicted octanol–water partition coefficient (Wildman–Crippen LogP) is 19.4. The van der Waals surface area contributed by atoms with Gasteiger partial charge in [0.15, 0.2) is 0 Å².